The Balaban J connectivity index is 2.04. The van der Waals surface area contributed by atoms with Gasteiger partial charge in [-0.05, 0) is 55.2 Å². The summed E-state index contributed by atoms with van der Waals surface area (Å²) >= 11 is 6.15. The zero-order valence-electron chi connectivity index (χ0n) is 8.75. The second kappa shape index (κ2) is 5.00. The molecule has 1 aliphatic carbocycles. The Morgan fingerprint density at radius 3 is 2.67 bits per heavy atom. The van der Waals surface area contributed by atoms with Crippen molar-refractivity contribution in [1.29, 1.82) is 0 Å². The van der Waals surface area contributed by atoms with E-state index in [2.05, 4.69) is 12.1 Å². The molecule has 1 fully saturated rings. The molecule has 0 aromatic heterocycles. The highest BCUT2D eigenvalue weighted by Gasteiger charge is 2.22. The summed E-state index contributed by atoms with van der Waals surface area (Å²) in [6.07, 6.45) is 4.54. The lowest BCUT2D eigenvalue weighted by Gasteiger charge is -2.28. The average molecular weight is 224 g/mol. The fourth-order valence-electron chi connectivity index (χ4n) is 2.41. The minimum Gasteiger partial charge on any atom is -0.396 e. The molecule has 1 saturated carbocycles. The van der Waals surface area contributed by atoms with Crippen molar-refractivity contribution < 1.29 is 5.11 Å². The quantitative estimate of drug-likeness (QED) is 0.815. The van der Waals surface area contributed by atoms with Crippen LogP contribution in [0.25, 0.3) is 0 Å². The molecule has 0 aliphatic heterocycles. The lowest BCUT2D eigenvalue weighted by molar-refractivity contribution is 0.182. The van der Waals surface area contributed by atoms with Gasteiger partial charge in [0.1, 0.15) is 0 Å². The van der Waals surface area contributed by atoms with Crippen molar-refractivity contribution >= 4 is 11.6 Å². The maximum Gasteiger partial charge on any atom is 0.0459 e. The summed E-state index contributed by atoms with van der Waals surface area (Å²) in [7, 11) is 0. The van der Waals surface area contributed by atoms with Gasteiger partial charge in [-0.3, -0.25) is 0 Å². The van der Waals surface area contributed by atoms with Crippen LogP contribution in [0.1, 0.15) is 37.2 Å². The highest BCUT2D eigenvalue weighted by molar-refractivity contribution is 6.31. The van der Waals surface area contributed by atoms with Crippen molar-refractivity contribution in [3.8, 4) is 0 Å². The molecular weight excluding hydrogens is 208 g/mol. The number of hydrogen-bond acceptors (Lipinski definition) is 1. The molecule has 0 bridgehead atoms. The average Bonchev–Trinajstić information content (AvgIpc) is 2.30. The molecule has 1 nitrogen and oxygen atoms in total. The van der Waals surface area contributed by atoms with E-state index in [-0.39, 0.29) is 0 Å². The molecule has 0 unspecified atom stereocenters. The molecule has 1 aliphatic rings. The molecule has 1 aromatic carbocycles. The number of aliphatic hydroxyl groups excluding tert-OH is 1. The summed E-state index contributed by atoms with van der Waals surface area (Å²) < 4.78 is 0. The van der Waals surface area contributed by atoms with E-state index >= 15 is 0 Å². The third-order valence-electron chi connectivity index (χ3n) is 3.39. The van der Waals surface area contributed by atoms with Gasteiger partial charge in [-0.2, -0.15) is 0 Å². The van der Waals surface area contributed by atoms with Gasteiger partial charge in [0.05, 0.1) is 0 Å². The van der Waals surface area contributed by atoms with Crippen LogP contribution in [0.15, 0.2) is 18.2 Å². The molecule has 0 spiro atoms. The van der Waals surface area contributed by atoms with E-state index in [1.54, 1.807) is 0 Å². The fraction of sp³-hybridized carbons (Fsp3) is 0.538. The van der Waals surface area contributed by atoms with Crippen LogP contribution >= 0.6 is 11.6 Å². The summed E-state index contributed by atoms with van der Waals surface area (Å²) in [5, 5.41) is 9.91. The zero-order valence-corrected chi connectivity index (χ0v) is 9.50. The number of aliphatic hydroxyl groups is 1. The van der Waals surface area contributed by atoms with E-state index in [4.69, 9.17) is 16.7 Å². The van der Waals surface area contributed by atoms with Crippen molar-refractivity contribution in [3.63, 3.8) is 0 Å². The zero-order chi connectivity index (χ0) is 10.7. The second-order valence-corrected chi connectivity index (χ2v) is 4.76. The van der Waals surface area contributed by atoms with Gasteiger partial charge in [0, 0.05) is 11.6 Å². The molecule has 0 amide bonds. The van der Waals surface area contributed by atoms with Crippen molar-refractivity contribution in [1.82, 2.24) is 0 Å². The molecule has 2 heteroatoms. The van der Waals surface area contributed by atoms with Crippen LogP contribution in [0.4, 0.5) is 0 Å². The first-order valence-corrected chi connectivity index (χ1v) is 5.95. The van der Waals surface area contributed by atoms with E-state index < -0.39 is 0 Å². The maximum atomic E-state index is 9.07. The van der Waals surface area contributed by atoms with Gasteiger partial charge in [-0.1, -0.05) is 23.7 Å². The van der Waals surface area contributed by atoms with Crippen LogP contribution in [0.5, 0.6) is 0 Å². The summed E-state index contributed by atoms with van der Waals surface area (Å²) in [6, 6.07) is 8.84. The van der Waals surface area contributed by atoms with Crippen LogP contribution in [0, 0.1) is 12.0 Å². The monoisotopic (exact) mass is 223 g/mol. The summed E-state index contributed by atoms with van der Waals surface area (Å²) in [4.78, 5) is 0. The standard InChI is InChI=1S/C13H16ClO/c14-13-4-2-1-3-12(13)11-7-5-10(9-15)6-8-11/h1,3-4,10-11,15H,5-9H2. The molecule has 15 heavy (non-hydrogen) atoms. The van der Waals surface area contributed by atoms with Crippen molar-refractivity contribution in [3.05, 3.63) is 34.9 Å². The maximum absolute atomic E-state index is 9.07. The predicted octanol–water partition coefficient (Wildman–Crippen LogP) is 3.41. The first-order valence-electron chi connectivity index (χ1n) is 5.57. The Kier molecular flexibility index (Phi) is 3.66. The molecule has 1 N–H and O–H groups in total. The van der Waals surface area contributed by atoms with Gasteiger partial charge >= 0.3 is 0 Å². The Labute approximate surface area is 96.1 Å². The molecule has 0 heterocycles. The van der Waals surface area contributed by atoms with Gasteiger partial charge in [0.15, 0.2) is 0 Å². The fourth-order valence-corrected chi connectivity index (χ4v) is 2.69. The second-order valence-electron chi connectivity index (χ2n) is 4.35. The third kappa shape index (κ3) is 2.53. The number of benzene rings is 1. The number of hydrogen-bond donors (Lipinski definition) is 1. The van der Waals surface area contributed by atoms with Gasteiger partial charge < -0.3 is 5.11 Å². The largest absolute Gasteiger partial charge is 0.396 e. The molecular formula is C13H16ClO. The predicted molar refractivity (Wildman–Crippen MR) is 62.1 cm³/mol. The van der Waals surface area contributed by atoms with E-state index in [1.165, 1.54) is 5.56 Å². The highest BCUT2D eigenvalue weighted by atomic mass is 35.5. The van der Waals surface area contributed by atoms with E-state index in [0.29, 0.717) is 18.4 Å². The Bertz CT molecular complexity index is 316. The topological polar surface area (TPSA) is 20.2 Å². The molecule has 2 rings (SSSR count). The van der Waals surface area contributed by atoms with Gasteiger partial charge in [0.25, 0.3) is 0 Å². The Morgan fingerprint density at radius 1 is 1.33 bits per heavy atom. The van der Waals surface area contributed by atoms with Gasteiger partial charge in [-0.25, -0.2) is 0 Å². The van der Waals surface area contributed by atoms with Crippen LogP contribution in [0.3, 0.4) is 0 Å². The van der Waals surface area contributed by atoms with Crippen molar-refractivity contribution in [2.24, 2.45) is 5.92 Å². The number of rotatable bonds is 2. The lowest BCUT2D eigenvalue weighted by atomic mass is 9.79. The lowest BCUT2D eigenvalue weighted by Crippen LogP contribution is -2.16. The molecule has 81 valence electrons. The third-order valence-corrected chi connectivity index (χ3v) is 3.72. The molecule has 1 aromatic rings. The smallest absolute Gasteiger partial charge is 0.0459 e. The normalized spacial score (nSPS) is 26.5. The Hall–Kier alpha value is -0.530. The minimum atomic E-state index is 0.336. The first-order chi connectivity index (χ1) is 7.31. The van der Waals surface area contributed by atoms with Gasteiger partial charge in [0.2, 0.25) is 0 Å². The van der Waals surface area contributed by atoms with E-state index in [9.17, 15) is 0 Å². The van der Waals surface area contributed by atoms with Crippen LogP contribution in [-0.4, -0.2) is 11.7 Å². The van der Waals surface area contributed by atoms with E-state index in [1.807, 2.05) is 12.1 Å². The Morgan fingerprint density at radius 2 is 2.07 bits per heavy atom. The molecule has 0 saturated heterocycles. The van der Waals surface area contributed by atoms with Gasteiger partial charge in [-0.15, -0.1) is 0 Å². The summed E-state index contributed by atoms with van der Waals surface area (Å²) in [5.74, 6) is 1.09. The van der Waals surface area contributed by atoms with Crippen molar-refractivity contribution in [2.75, 3.05) is 6.61 Å². The minimum absolute atomic E-state index is 0.336. The van der Waals surface area contributed by atoms with Crippen LogP contribution in [0.2, 0.25) is 5.02 Å². The number of halogens is 1. The summed E-state index contributed by atoms with van der Waals surface area (Å²) in [5.41, 5.74) is 1.26. The SMILES string of the molecule is OCC1CCC(c2cc[c]cc2Cl)CC1. The first kappa shape index (κ1) is 11.0. The van der Waals surface area contributed by atoms with E-state index in [0.717, 1.165) is 30.7 Å². The molecule has 0 atom stereocenters. The van der Waals surface area contributed by atoms with Crippen LogP contribution < -0.4 is 0 Å². The summed E-state index contributed by atoms with van der Waals surface area (Å²) in [6.45, 7) is 0.336. The van der Waals surface area contributed by atoms with Crippen LogP contribution in [-0.2, 0) is 0 Å². The van der Waals surface area contributed by atoms with Crippen molar-refractivity contribution in [2.45, 2.75) is 31.6 Å². The highest BCUT2D eigenvalue weighted by Crippen LogP contribution is 2.38. The molecule has 1 radical (unpaired) electrons.